The van der Waals surface area contributed by atoms with Gasteiger partial charge in [0.15, 0.2) is 0 Å². The monoisotopic (exact) mass is 221 g/mol. The van der Waals surface area contributed by atoms with Gasteiger partial charge in [0.25, 0.3) is 0 Å². The fraction of sp³-hybridized carbons (Fsp3) is 0.615. The molecule has 0 saturated heterocycles. The molecule has 3 heteroatoms. The average Bonchev–Trinajstić information content (AvgIpc) is 3.11. The lowest BCUT2D eigenvalue weighted by atomic mass is 10.0. The van der Waals surface area contributed by atoms with E-state index >= 15 is 0 Å². The van der Waals surface area contributed by atoms with E-state index in [1.807, 2.05) is 19.1 Å². The second-order valence-electron chi connectivity index (χ2n) is 4.38. The summed E-state index contributed by atoms with van der Waals surface area (Å²) in [5.74, 6) is 0.566. The molecule has 0 spiro atoms. The highest BCUT2D eigenvalue weighted by molar-refractivity contribution is 5.11. The molecule has 1 aromatic rings. The molecule has 1 saturated carbocycles. The molecule has 2 unspecified atom stereocenters. The summed E-state index contributed by atoms with van der Waals surface area (Å²) in [6, 6.07) is 3.89. The third-order valence-corrected chi connectivity index (χ3v) is 3.02. The van der Waals surface area contributed by atoms with E-state index < -0.39 is 6.10 Å². The Morgan fingerprint density at radius 3 is 2.69 bits per heavy atom. The van der Waals surface area contributed by atoms with Gasteiger partial charge in [-0.15, -0.1) is 0 Å². The third kappa shape index (κ3) is 3.03. The van der Waals surface area contributed by atoms with Gasteiger partial charge >= 0.3 is 0 Å². The van der Waals surface area contributed by atoms with Crippen molar-refractivity contribution in [3.05, 3.63) is 30.1 Å². The van der Waals surface area contributed by atoms with Crippen LogP contribution in [0, 0.1) is 5.92 Å². The number of ether oxygens (including phenoxy) is 1. The molecular weight excluding hydrogens is 202 g/mol. The predicted molar refractivity (Wildman–Crippen MR) is 62.1 cm³/mol. The number of aliphatic hydroxyl groups excluding tert-OH is 1. The summed E-state index contributed by atoms with van der Waals surface area (Å²) in [4.78, 5) is 3.97. The fourth-order valence-corrected chi connectivity index (χ4v) is 2.06. The molecule has 2 atom stereocenters. The zero-order valence-electron chi connectivity index (χ0n) is 9.67. The van der Waals surface area contributed by atoms with Gasteiger partial charge in [-0.1, -0.05) is 0 Å². The first kappa shape index (κ1) is 11.6. The van der Waals surface area contributed by atoms with Crippen molar-refractivity contribution in [1.29, 1.82) is 0 Å². The normalized spacial score (nSPS) is 19.4. The van der Waals surface area contributed by atoms with Gasteiger partial charge in [0, 0.05) is 25.4 Å². The molecule has 1 aliphatic rings. The van der Waals surface area contributed by atoms with Crippen molar-refractivity contribution >= 4 is 0 Å². The molecule has 1 fully saturated rings. The molecule has 16 heavy (non-hydrogen) atoms. The van der Waals surface area contributed by atoms with Gasteiger partial charge in [0.05, 0.1) is 12.2 Å². The standard InChI is InChI=1S/C13H19NO2/c1-2-16-13(11-3-4-11)12(15)9-10-5-7-14-8-6-10/h5-8,11-13,15H,2-4,9H2,1H3. The maximum absolute atomic E-state index is 10.2. The summed E-state index contributed by atoms with van der Waals surface area (Å²) in [7, 11) is 0. The molecule has 3 nitrogen and oxygen atoms in total. The van der Waals surface area contributed by atoms with Gasteiger partial charge in [-0.2, -0.15) is 0 Å². The molecule has 0 bridgehead atoms. The minimum atomic E-state index is -0.394. The molecule has 0 amide bonds. The summed E-state index contributed by atoms with van der Waals surface area (Å²) in [6.45, 7) is 2.66. The van der Waals surface area contributed by atoms with Crippen LogP contribution in [-0.2, 0) is 11.2 Å². The first-order valence-electron chi connectivity index (χ1n) is 6.00. The number of hydrogen-bond acceptors (Lipinski definition) is 3. The lowest BCUT2D eigenvalue weighted by Crippen LogP contribution is -2.32. The highest BCUT2D eigenvalue weighted by Crippen LogP contribution is 2.36. The van der Waals surface area contributed by atoms with Crippen molar-refractivity contribution in [3.63, 3.8) is 0 Å². The van der Waals surface area contributed by atoms with Crippen LogP contribution in [0.3, 0.4) is 0 Å². The van der Waals surface area contributed by atoms with Gasteiger partial charge in [0.2, 0.25) is 0 Å². The molecule has 1 aromatic heterocycles. The molecule has 0 aliphatic heterocycles. The Morgan fingerprint density at radius 1 is 1.44 bits per heavy atom. The molecule has 0 aromatic carbocycles. The highest BCUT2D eigenvalue weighted by Gasteiger charge is 2.36. The maximum Gasteiger partial charge on any atom is 0.0865 e. The largest absolute Gasteiger partial charge is 0.390 e. The lowest BCUT2D eigenvalue weighted by molar-refractivity contribution is -0.0439. The van der Waals surface area contributed by atoms with Crippen LogP contribution in [0.5, 0.6) is 0 Å². The molecule has 88 valence electrons. The van der Waals surface area contributed by atoms with E-state index in [9.17, 15) is 5.11 Å². The topological polar surface area (TPSA) is 42.4 Å². The van der Waals surface area contributed by atoms with E-state index in [2.05, 4.69) is 4.98 Å². The van der Waals surface area contributed by atoms with Crippen molar-refractivity contribution in [1.82, 2.24) is 4.98 Å². The van der Waals surface area contributed by atoms with Crippen LogP contribution in [0.4, 0.5) is 0 Å². The SMILES string of the molecule is CCOC(C(O)Cc1ccncc1)C1CC1. The van der Waals surface area contributed by atoms with E-state index in [1.54, 1.807) is 12.4 Å². The number of rotatable bonds is 6. The number of aliphatic hydroxyl groups is 1. The zero-order valence-corrected chi connectivity index (χ0v) is 9.67. The van der Waals surface area contributed by atoms with Crippen molar-refractivity contribution in [3.8, 4) is 0 Å². The molecule has 1 heterocycles. The van der Waals surface area contributed by atoms with Gasteiger partial charge in [-0.25, -0.2) is 0 Å². The summed E-state index contributed by atoms with van der Waals surface area (Å²) < 4.78 is 5.63. The van der Waals surface area contributed by atoms with Crippen molar-refractivity contribution < 1.29 is 9.84 Å². The summed E-state index contributed by atoms with van der Waals surface area (Å²) in [5, 5.41) is 10.2. The van der Waals surface area contributed by atoms with Gasteiger partial charge in [-0.3, -0.25) is 4.98 Å². The Kier molecular flexibility index (Phi) is 3.91. The Hall–Kier alpha value is -0.930. The Labute approximate surface area is 96.5 Å². The lowest BCUT2D eigenvalue weighted by Gasteiger charge is -2.22. The predicted octanol–water partition coefficient (Wildman–Crippen LogP) is 1.80. The highest BCUT2D eigenvalue weighted by atomic mass is 16.5. The first-order chi connectivity index (χ1) is 7.81. The second kappa shape index (κ2) is 5.41. The summed E-state index contributed by atoms with van der Waals surface area (Å²) in [5.41, 5.74) is 1.12. The molecule has 2 rings (SSSR count). The molecular formula is C13H19NO2. The zero-order chi connectivity index (χ0) is 11.4. The smallest absolute Gasteiger partial charge is 0.0865 e. The quantitative estimate of drug-likeness (QED) is 0.796. The van der Waals surface area contributed by atoms with Gasteiger partial charge < -0.3 is 9.84 Å². The van der Waals surface area contributed by atoms with Crippen LogP contribution in [0.25, 0.3) is 0 Å². The van der Waals surface area contributed by atoms with Crippen LogP contribution >= 0.6 is 0 Å². The van der Waals surface area contributed by atoms with E-state index in [0.29, 0.717) is 18.9 Å². The second-order valence-corrected chi connectivity index (χ2v) is 4.38. The van der Waals surface area contributed by atoms with Crippen molar-refractivity contribution in [2.75, 3.05) is 6.61 Å². The van der Waals surface area contributed by atoms with Gasteiger partial charge in [-0.05, 0) is 43.4 Å². The fourth-order valence-electron chi connectivity index (χ4n) is 2.06. The van der Waals surface area contributed by atoms with E-state index in [4.69, 9.17) is 4.74 Å². The van der Waals surface area contributed by atoms with E-state index in [-0.39, 0.29) is 6.10 Å². The van der Waals surface area contributed by atoms with Crippen LogP contribution in [0.2, 0.25) is 0 Å². The van der Waals surface area contributed by atoms with Crippen molar-refractivity contribution in [2.45, 2.75) is 38.4 Å². The van der Waals surface area contributed by atoms with Crippen LogP contribution in [0.1, 0.15) is 25.3 Å². The average molecular weight is 221 g/mol. The summed E-state index contributed by atoms with van der Waals surface area (Å²) >= 11 is 0. The van der Waals surface area contributed by atoms with Crippen LogP contribution in [-0.4, -0.2) is 28.9 Å². The van der Waals surface area contributed by atoms with Crippen LogP contribution < -0.4 is 0 Å². The molecule has 1 aliphatic carbocycles. The Balaban J connectivity index is 1.92. The maximum atomic E-state index is 10.2. The first-order valence-corrected chi connectivity index (χ1v) is 6.00. The van der Waals surface area contributed by atoms with E-state index in [0.717, 1.165) is 5.56 Å². The van der Waals surface area contributed by atoms with Gasteiger partial charge in [0.1, 0.15) is 0 Å². The third-order valence-electron chi connectivity index (χ3n) is 3.02. The van der Waals surface area contributed by atoms with E-state index in [1.165, 1.54) is 12.8 Å². The molecule has 1 N–H and O–H groups in total. The summed E-state index contributed by atoms with van der Waals surface area (Å²) in [6.07, 6.45) is 6.18. The van der Waals surface area contributed by atoms with Crippen molar-refractivity contribution in [2.24, 2.45) is 5.92 Å². The Morgan fingerprint density at radius 2 is 2.12 bits per heavy atom. The number of pyridine rings is 1. The number of aromatic nitrogens is 1. The molecule has 0 radical (unpaired) electrons. The minimum Gasteiger partial charge on any atom is -0.390 e. The minimum absolute atomic E-state index is 0.0122. The number of hydrogen-bond donors (Lipinski definition) is 1. The van der Waals surface area contributed by atoms with Crippen LogP contribution in [0.15, 0.2) is 24.5 Å². The Bertz CT molecular complexity index is 311. The number of nitrogens with zero attached hydrogens (tertiary/aromatic N) is 1.